The zero-order chi connectivity index (χ0) is 18.8. The number of ether oxygens (including phenoxy) is 1. The molecule has 4 rings (SSSR count). The van der Waals surface area contributed by atoms with E-state index < -0.39 is 0 Å². The van der Waals surface area contributed by atoms with Crippen LogP contribution in [0, 0.1) is 4.77 Å². The number of imidazole rings is 1. The van der Waals surface area contributed by atoms with Crippen LogP contribution >= 0.6 is 23.6 Å². The summed E-state index contributed by atoms with van der Waals surface area (Å²) in [4.78, 5) is 6.92. The molecule has 4 aromatic rings. The lowest BCUT2D eigenvalue weighted by Gasteiger charge is -2.15. The minimum atomic E-state index is 0.706. The van der Waals surface area contributed by atoms with Gasteiger partial charge >= 0.3 is 0 Å². The van der Waals surface area contributed by atoms with Crippen LogP contribution in [0.4, 0.5) is 0 Å². The lowest BCUT2D eigenvalue weighted by atomic mass is 10.3. The van der Waals surface area contributed by atoms with E-state index in [-0.39, 0.29) is 0 Å². The quantitative estimate of drug-likeness (QED) is 0.442. The maximum atomic E-state index is 5.66. The molecule has 0 fully saturated rings. The Bertz CT molecular complexity index is 1080. The summed E-state index contributed by atoms with van der Waals surface area (Å²) in [7, 11) is 3.75. The molecular weight excluding hydrogens is 376 g/mol. The van der Waals surface area contributed by atoms with Crippen LogP contribution in [0.2, 0.25) is 0 Å². The van der Waals surface area contributed by atoms with Gasteiger partial charge < -0.3 is 9.30 Å². The fraction of sp³-hybridized carbons (Fsp3) is 0.200. The van der Waals surface area contributed by atoms with Crippen molar-refractivity contribution in [1.29, 1.82) is 0 Å². The molecule has 0 bridgehead atoms. The van der Waals surface area contributed by atoms with Gasteiger partial charge in [-0.05, 0) is 55.7 Å². The van der Waals surface area contributed by atoms with Gasteiger partial charge in [0.1, 0.15) is 10.8 Å². The fourth-order valence-corrected chi connectivity index (χ4v) is 4.32. The molecule has 5 nitrogen and oxygen atoms in total. The number of nitrogens with zero attached hydrogens (tertiary/aromatic N) is 4. The van der Waals surface area contributed by atoms with Gasteiger partial charge in [0.25, 0.3) is 0 Å². The van der Waals surface area contributed by atoms with Crippen molar-refractivity contribution in [2.24, 2.45) is 0 Å². The normalized spacial score (nSPS) is 11.4. The van der Waals surface area contributed by atoms with E-state index >= 15 is 0 Å². The van der Waals surface area contributed by atoms with Crippen LogP contribution in [0.25, 0.3) is 15.9 Å². The van der Waals surface area contributed by atoms with Gasteiger partial charge in [0.05, 0.1) is 30.5 Å². The van der Waals surface area contributed by atoms with Gasteiger partial charge in [-0.2, -0.15) is 0 Å². The number of benzene rings is 2. The zero-order valence-electron chi connectivity index (χ0n) is 15.2. The van der Waals surface area contributed by atoms with E-state index in [1.54, 1.807) is 18.4 Å². The number of para-hydroxylation sites is 1. The molecule has 0 saturated carbocycles. The van der Waals surface area contributed by atoms with Crippen LogP contribution in [0.15, 0.2) is 60.9 Å². The smallest absolute Gasteiger partial charge is 0.185 e. The average Bonchev–Trinajstić information content (AvgIpc) is 3.25. The van der Waals surface area contributed by atoms with E-state index in [9.17, 15) is 0 Å². The molecule has 0 amide bonds. The standard InChI is InChI=1S/C20H20N4OS2/c1-22(13-19-21-17-5-3-4-6-18(17)27-19)14-23-11-12-24(20(23)26)15-7-9-16(25-2)10-8-15/h3-12H,13-14H2,1-2H3. The Morgan fingerprint density at radius 1 is 1.11 bits per heavy atom. The monoisotopic (exact) mass is 396 g/mol. The molecule has 0 radical (unpaired) electrons. The van der Waals surface area contributed by atoms with Crippen LogP contribution < -0.4 is 4.74 Å². The minimum absolute atomic E-state index is 0.706. The highest BCUT2D eigenvalue weighted by Crippen LogP contribution is 2.22. The summed E-state index contributed by atoms with van der Waals surface area (Å²) in [5.41, 5.74) is 2.08. The van der Waals surface area contributed by atoms with Gasteiger partial charge in [-0.1, -0.05) is 12.1 Å². The predicted molar refractivity (Wildman–Crippen MR) is 112 cm³/mol. The number of hydrogen-bond acceptors (Lipinski definition) is 5. The SMILES string of the molecule is COc1ccc(-n2ccn(CN(C)Cc3nc4ccccc4s3)c2=S)cc1. The van der Waals surface area contributed by atoms with E-state index in [2.05, 4.69) is 34.7 Å². The number of thiazole rings is 1. The Morgan fingerprint density at radius 2 is 1.89 bits per heavy atom. The van der Waals surface area contributed by atoms with E-state index in [4.69, 9.17) is 21.9 Å². The van der Waals surface area contributed by atoms with Crippen LogP contribution in [-0.2, 0) is 13.2 Å². The molecule has 0 spiro atoms. The Labute approximate surface area is 167 Å². The van der Waals surface area contributed by atoms with Crippen molar-refractivity contribution in [3.05, 3.63) is 70.7 Å². The van der Waals surface area contributed by atoms with Gasteiger partial charge in [-0.15, -0.1) is 11.3 Å². The second kappa shape index (κ2) is 7.64. The molecule has 0 aliphatic carbocycles. The topological polar surface area (TPSA) is 35.2 Å². The summed E-state index contributed by atoms with van der Waals surface area (Å²) >= 11 is 7.40. The molecule has 7 heteroatoms. The molecule has 0 saturated heterocycles. The molecule has 0 aliphatic heterocycles. The highest BCUT2D eigenvalue weighted by atomic mass is 32.1. The van der Waals surface area contributed by atoms with Crippen LogP contribution in [0.3, 0.4) is 0 Å². The lowest BCUT2D eigenvalue weighted by Crippen LogP contribution is -2.21. The number of aromatic nitrogens is 3. The van der Waals surface area contributed by atoms with Crippen molar-refractivity contribution < 1.29 is 4.74 Å². The summed E-state index contributed by atoms with van der Waals surface area (Å²) in [6, 6.07) is 16.1. The maximum Gasteiger partial charge on any atom is 0.185 e. The Kier molecular flexibility index (Phi) is 5.07. The van der Waals surface area contributed by atoms with Crippen molar-refractivity contribution >= 4 is 33.8 Å². The largest absolute Gasteiger partial charge is 0.497 e. The molecule has 2 aromatic carbocycles. The van der Waals surface area contributed by atoms with E-state index in [1.807, 2.05) is 47.3 Å². The van der Waals surface area contributed by atoms with Gasteiger partial charge in [0.15, 0.2) is 4.77 Å². The molecule has 2 aromatic heterocycles. The molecule has 0 N–H and O–H groups in total. The predicted octanol–water partition coefficient (Wildman–Crippen LogP) is 4.72. The van der Waals surface area contributed by atoms with Crippen LogP contribution in [-0.4, -0.2) is 33.2 Å². The molecular formula is C20H20N4OS2. The van der Waals surface area contributed by atoms with E-state index in [0.717, 1.165) is 33.3 Å². The lowest BCUT2D eigenvalue weighted by molar-refractivity contribution is 0.258. The van der Waals surface area contributed by atoms with Crippen LogP contribution in [0.5, 0.6) is 5.75 Å². The average molecular weight is 397 g/mol. The number of rotatable bonds is 6. The molecule has 138 valence electrons. The first-order chi connectivity index (χ1) is 13.1. The molecule has 0 unspecified atom stereocenters. The van der Waals surface area contributed by atoms with Crippen molar-refractivity contribution in [1.82, 2.24) is 19.0 Å². The first-order valence-electron chi connectivity index (χ1n) is 8.59. The Balaban J connectivity index is 1.49. The second-order valence-corrected chi connectivity index (χ2v) is 7.83. The zero-order valence-corrected chi connectivity index (χ0v) is 16.8. The summed E-state index contributed by atoms with van der Waals surface area (Å²) in [5, 5.41) is 1.11. The van der Waals surface area contributed by atoms with E-state index in [0.29, 0.717) is 6.67 Å². The highest BCUT2D eigenvalue weighted by Gasteiger charge is 2.09. The number of hydrogen-bond donors (Lipinski definition) is 0. The third kappa shape index (κ3) is 3.80. The van der Waals surface area contributed by atoms with Crippen molar-refractivity contribution in [2.75, 3.05) is 14.2 Å². The van der Waals surface area contributed by atoms with Crippen molar-refractivity contribution in [2.45, 2.75) is 13.2 Å². The van der Waals surface area contributed by atoms with Gasteiger partial charge in [-0.3, -0.25) is 9.47 Å². The Morgan fingerprint density at radius 3 is 2.63 bits per heavy atom. The fourth-order valence-electron chi connectivity index (χ4n) is 2.99. The molecule has 27 heavy (non-hydrogen) atoms. The Hall–Kier alpha value is -2.48. The summed E-state index contributed by atoms with van der Waals surface area (Å²) < 4.78 is 11.3. The highest BCUT2D eigenvalue weighted by molar-refractivity contribution is 7.71. The van der Waals surface area contributed by atoms with Crippen LogP contribution in [0.1, 0.15) is 5.01 Å². The minimum Gasteiger partial charge on any atom is -0.497 e. The number of fused-ring (bicyclic) bond motifs is 1. The summed E-state index contributed by atoms with van der Waals surface area (Å²) in [6.45, 7) is 1.49. The third-order valence-corrected chi connectivity index (χ3v) is 5.79. The summed E-state index contributed by atoms with van der Waals surface area (Å²) in [5.74, 6) is 0.834. The molecule has 2 heterocycles. The first-order valence-corrected chi connectivity index (χ1v) is 9.82. The second-order valence-electron chi connectivity index (χ2n) is 6.35. The van der Waals surface area contributed by atoms with Gasteiger partial charge in [-0.25, -0.2) is 4.98 Å². The van der Waals surface area contributed by atoms with E-state index in [1.165, 1.54) is 4.70 Å². The van der Waals surface area contributed by atoms with Crippen molar-refractivity contribution in [3.8, 4) is 11.4 Å². The molecule has 0 atom stereocenters. The van der Waals surface area contributed by atoms with Crippen molar-refractivity contribution in [3.63, 3.8) is 0 Å². The first kappa shape index (κ1) is 17.9. The maximum absolute atomic E-state index is 5.66. The molecule has 0 aliphatic rings. The van der Waals surface area contributed by atoms with Gasteiger partial charge in [0, 0.05) is 18.1 Å². The summed E-state index contributed by atoms with van der Waals surface area (Å²) in [6.07, 6.45) is 4.01. The third-order valence-electron chi connectivity index (χ3n) is 4.34. The van der Waals surface area contributed by atoms with Gasteiger partial charge in [0.2, 0.25) is 0 Å². The number of methoxy groups -OCH3 is 1.